The number of rotatable bonds is 4. The maximum Gasteiger partial charge on any atom is 0.241 e. The molecule has 0 unspecified atom stereocenters. The van der Waals surface area contributed by atoms with Gasteiger partial charge in [0.05, 0.1) is 34.8 Å². The zero-order valence-corrected chi connectivity index (χ0v) is 12.5. The molecule has 0 bridgehead atoms. The number of hydrogen-bond donors (Lipinski definition) is 2. The second-order valence-corrected chi connectivity index (χ2v) is 6.44. The van der Waals surface area contributed by atoms with Crippen LogP contribution in [0.5, 0.6) is 0 Å². The van der Waals surface area contributed by atoms with Crippen LogP contribution in [-0.4, -0.2) is 19.9 Å². The molecule has 21 heavy (non-hydrogen) atoms. The van der Waals surface area contributed by atoms with Crippen molar-refractivity contribution in [3.8, 4) is 11.8 Å². The second-order valence-electron chi connectivity index (χ2n) is 3.95. The van der Waals surface area contributed by atoms with Crippen molar-refractivity contribution < 1.29 is 12.8 Å². The Labute approximate surface area is 126 Å². The number of benzene rings is 1. The minimum atomic E-state index is -3.79. The lowest BCUT2D eigenvalue weighted by Gasteiger charge is -2.06. The summed E-state index contributed by atoms with van der Waals surface area (Å²) in [4.78, 5) is 3.81. The van der Waals surface area contributed by atoms with E-state index in [0.717, 1.165) is 6.07 Å². The molecule has 0 aliphatic heterocycles. The molecule has 1 heterocycles. The molecule has 5 nitrogen and oxygen atoms in total. The molecule has 110 valence electrons. The molecular weight excluding hydrogens is 313 g/mol. The van der Waals surface area contributed by atoms with Crippen LogP contribution in [0.3, 0.4) is 0 Å². The topological polar surface area (TPSA) is 85.1 Å². The Morgan fingerprint density at radius 3 is 2.86 bits per heavy atom. The number of nitrogens with zero attached hydrogens (tertiary/aromatic N) is 1. The first-order valence-electron chi connectivity index (χ1n) is 5.88. The molecule has 0 saturated heterocycles. The van der Waals surface area contributed by atoms with Crippen LogP contribution in [0.1, 0.15) is 11.3 Å². The fraction of sp³-hybridized carbons (Fsp3) is 0.154. The highest BCUT2D eigenvalue weighted by atomic mass is 32.2. The van der Waals surface area contributed by atoms with Crippen molar-refractivity contribution in [3.05, 3.63) is 46.2 Å². The molecule has 0 spiro atoms. The van der Waals surface area contributed by atoms with Crippen LogP contribution < -0.4 is 10.5 Å². The first-order chi connectivity index (χ1) is 10.0. The molecule has 0 atom stereocenters. The highest BCUT2D eigenvalue weighted by molar-refractivity contribution is 7.89. The molecule has 0 radical (unpaired) electrons. The number of nitrogens with two attached hydrogens (primary N) is 1. The van der Waals surface area contributed by atoms with Gasteiger partial charge in [0, 0.05) is 5.38 Å². The van der Waals surface area contributed by atoms with E-state index in [9.17, 15) is 12.8 Å². The van der Waals surface area contributed by atoms with Gasteiger partial charge in [0.25, 0.3) is 0 Å². The third-order valence-electron chi connectivity index (χ3n) is 2.50. The molecule has 0 saturated carbocycles. The van der Waals surface area contributed by atoms with Crippen molar-refractivity contribution in [1.82, 2.24) is 9.71 Å². The number of nitrogens with one attached hydrogen (secondary N) is 1. The Balaban J connectivity index is 2.18. The van der Waals surface area contributed by atoms with E-state index in [2.05, 4.69) is 21.5 Å². The standard InChI is InChI=1S/C13H12FN3O2S2/c14-13-6-12(4-3-10(13)2-1-5-15)21(18,19)17-7-11-8-20-9-16-11/h3-4,6,8-9,17H,5,7,15H2. The Morgan fingerprint density at radius 2 is 2.24 bits per heavy atom. The van der Waals surface area contributed by atoms with E-state index in [4.69, 9.17) is 5.73 Å². The molecule has 2 aromatic rings. The smallest absolute Gasteiger partial charge is 0.241 e. The summed E-state index contributed by atoms with van der Waals surface area (Å²) in [6.07, 6.45) is 0. The van der Waals surface area contributed by atoms with Crippen LogP contribution in [0.2, 0.25) is 0 Å². The van der Waals surface area contributed by atoms with Gasteiger partial charge in [-0.2, -0.15) is 0 Å². The van der Waals surface area contributed by atoms with Gasteiger partial charge in [-0.3, -0.25) is 0 Å². The van der Waals surface area contributed by atoms with Crippen LogP contribution in [0.15, 0.2) is 34.0 Å². The first kappa shape index (κ1) is 15.6. The highest BCUT2D eigenvalue weighted by Crippen LogP contribution is 2.14. The third-order valence-corrected chi connectivity index (χ3v) is 4.54. The van der Waals surface area contributed by atoms with Gasteiger partial charge in [-0.15, -0.1) is 11.3 Å². The third kappa shape index (κ3) is 4.09. The summed E-state index contributed by atoms with van der Waals surface area (Å²) in [6, 6.07) is 3.55. The van der Waals surface area contributed by atoms with E-state index < -0.39 is 15.8 Å². The van der Waals surface area contributed by atoms with Crippen LogP contribution in [0.4, 0.5) is 4.39 Å². The van der Waals surface area contributed by atoms with Gasteiger partial charge in [-0.25, -0.2) is 22.5 Å². The van der Waals surface area contributed by atoms with Crippen LogP contribution in [0, 0.1) is 17.7 Å². The average Bonchev–Trinajstić information content (AvgIpc) is 2.97. The van der Waals surface area contributed by atoms with Crippen LogP contribution in [-0.2, 0) is 16.6 Å². The van der Waals surface area contributed by atoms with E-state index in [1.165, 1.54) is 23.5 Å². The zero-order chi connectivity index (χ0) is 15.3. The van der Waals surface area contributed by atoms with Crippen LogP contribution >= 0.6 is 11.3 Å². The molecule has 2 rings (SSSR count). The van der Waals surface area contributed by atoms with Crippen LogP contribution in [0.25, 0.3) is 0 Å². The molecule has 1 aromatic carbocycles. The quantitative estimate of drug-likeness (QED) is 0.824. The second kappa shape index (κ2) is 6.78. The summed E-state index contributed by atoms with van der Waals surface area (Å²) >= 11 is 1.37. The predicted molar refractivity (Wildman–Crippen MR) is 78.5 cm³/mol. The highest BCUT2D eigenvalue weighted by Gasteiger charge is 2.16. The lowest BCUT2D eigenvalue weighted by atomic mass is 10.2. The molecule has 0 aliphatic rings. The largest absolute Gasteiger partial charge is 0.320 e. The molecule has 0 aliphatic carbocycles. The summed E-state index contributed by atoms with van der Waals surface area (Å²) in [5, 5.41) is 1.73. The van der Waals surface area contributed by atoms with E-state index in [1.807, 2.05) is 0 Å². The Kier molecular flexibility index (Phi) is 5.03. The molecule has 0 fully saturated rings. The van der Waals surface area contributed by atoms with Gasteiger partial charge in [0.1, 0.15) is 5.82 Å². The minimum Gasteiger partial charge on any atom is -0.320 e. The van der Waals surface area contributed by atoms with E-state index >= 15 is 0 Å². The number of aromatic nitrogens is 1. The van der Waals surface area contributed by atoms with E-state index in [-0.39, 0.29) is 23.5 Å². The predicted octanol–water partition coefficient (Wildman–Crippen LogP) is 1.07. The summed E-state index contributed by atoms with van der Waals surface area (Å²) in [7, 11) is -3.79. The molecule has 3 N–H and O–H groups in total. The summed E-state index contributed by atoms with van der Waals surface area (Å²) in [5.41, 5.74) is 7.53. The monoisotopic (exact) mass is 325 g/mol. The SMILES string of the molecule is NCC#Cc1ccc(S(=O)(=O)NCc2cscn2)cc1F. The molecule has 8 heteroatoms. The Bertz CT molecular complexity index is 777. The average molecular weight is 325 g/mol. The maximum absolute atomic E-state index is 13.8. The normalized spacial score (nSPS) is 11.0. The van der Waals surface area contributed by atoms with Crippen molar-refractivity contribution >= 4 is 21.4 Å². The summed E-state index contributed by atoms with van der Waals surface area (Å²) < 4.78 is 40.2. The number of sulfonamides is 1. The van der Waals surface area contributed by atoms with E-state index in [1.54, 1.807) is 10.9 Å². The van der Waals surface area contributed by atoms with Crippen molar-refractivity contribution in [2.45, 2.75) is 11.4 Å². The minimum absolute atomic E-state index is 0.0577. The number of thiazole rings is 1. The Hall–Kier alpha value is -1.79. The van der Waals surface area contributed by atoms with Crippen molar-refractivity contribution in [2.24, 2.45) is 5.73 Å². The Morgan fingerprint density at radius 1 is 1.43 bits per heavy atom. The lowest BCUT2D eigenvalue weighted by molar-refractivity contribution is 0.576. The molecular formula is C13H12FN3O2S2. The van der Waals surface area contributed by atoms with Gasteiger partial charge in [0.2, 0.25) is 10.0 Å². The molecule has 0 amide bonds. The van der Waals surface area contributed by atoms with Crippen molar-refractivity contribution in [3.63, 3.8) is 0 Å². The van der Waals surface area contributed by atoms with Gasteiger partial charge in [-0.05, 0) is 18.2 Å². The maximum atomic E-state index is 13.8. The summed E-state index contributed by atoms with van der Waals surface area (Å²) in [5.74, 6) is 4.34. The number of halogens is 1. The summed E-state index contributed by atoms with van der Waals surface area (Å²) in [6.45, 7) is 0.164. The fourth-order valence-electron chi connectivity index (χ4n) is 1.49. The van der Waals surface area contributed by atoms with Gasteiger partial charge in [0.15, 0.2) is 0 Å². The fourth-order valence-corrected chi connectivity index (χ4v) is 3.06. The van der Waals surface area contributed by atoms with Gasteiger partial charge < -0.3 is 5.73 Å². The van der Waals surface area contributed by atoms with Gasteiger partial charge in [-0.1, -0.05) is 11.8 Å². The van der Waals surface area contributed by atoms with E-state index in [0.29, 0.717) is 5.69 Å². The van der Waals surface area contributed by atoms with Crippen molar-refractivity contribution in [1.29, 1.82) is 0 Å². The zero-order valence-electron chi connectivity index (χ0n) is 10.8. The first-order valence-corrected chi connectivity index (χ1v) is 8.31. The van der Waals surface area contributed by atoms with Crippen molar-refractivity contribution in [2.75, 3.05) is 6.54 Å². The molecule has 1 aromatic heterocycles. The van der Waals surface area contributed by atoms with Gasteiger partial charge >= 0.3 is 0 Å². The lowest BCUT2D eigenvalue weighted by Crippen LogP contribution is -2.23. The number of hydrogen-bond acceptors (Lipinski definition) is 5.